The summed E-state index contributed by atoms with van der Waals surface area (Å²) in [4.78, 5) is 21.9. The van der Waals surface area contributed by atoms with Gasteiger partial charge in [0.05, 0.1) is 29.7 Å². The fraction of sp³-hybridized carbons (Fsp3) is 0.158. The van der Waals surface area contributed by atoms with Crippen LogP contribution in [-0.2, 0) is 0 Å². The number of rotatable bonds is 4. The van der Waals surface area contributed by atoms with Gasteiger partial charge in [-0.25, -0.2) is 19.9 Å². The lowest BCUT2D eigenvalue weighted by atomic mass is 10.2. The molecule has 1 N–H and O–H groups in total. The van der Waals surface area contributed by atoms with Crippen LogP contribution in [0.4, 0.5) is 11.9 Å². The van der Waals surface area contributed by atoms with Crippen LogP contribution in [0.15, 0.2) is 36.8 Å². The Morgan fingerprint density at radius 1 is 0.967 bits per heavy atom. The second-order valence-electron chi connectivity index (χ2n) is 6.51. The molecule has 11 heteroatoms. The summed E-state index contributed by atoms with van der Waals surface area (Å²) in [6.07, 6.45) is 3.07. The van der Waals surface area contributed by atoms with Gasteiger partial charge in [0, 0.05) is 11.6 Å². The Kier molecular flexibility index (Phi) is 4.12. The Morgan fingerprint density at radius 2 is 1.87 bits per heavy atom. The van der Waals surface area contributed by atoms with Crippen molar-refractivity contribution in [3.05, 3.63) is 48.2 Å². The summed E-state index contributed by atoms with van der Waals surface area (Å²) in [6, 6.07) is 7.41. The van der Waals surface area contributed by atoms with Crippen molar-refractivity contribution in [2.45, 2.75) is 13.8 Å². The molecule has 0 saturated heterocycles. The van der Waals surface area contributed by atoms with E-state index in [2.05, 4.69) is 45.5 Å². The number of anilines is 2. The molecule has 0 unspecified atom stereocenters. The Bertz CT molecular complexity index is 1400. The number of hydrogen-bond acceptors (Lipinski definition) is 10. The predicted octanol–water partition coefficient (Wildman–Crippen LogP) is 2.29. The minimum atomic E-state index is 0.347. The minimum Gasteiger partial charge on any atom is -0.497 e. The van der Waals surface area contributed by atoms with Crippen LogP contribution < -0.4 is 10.1 Å². The number of fused-ring (bicyclic) bond motifs is 2. The predicted molar refractivity (Wildman–Crippen MR) is 108 cm³/mol. The quantitative estimate of drug-likeness (QED) is 0.479. The van der Waals surface area contributed by atoms with Crippen molar-refractivity contribution in [2.75, 3.05) is 12.4 Å². The molecule has 5 rings (SSSR count). The monoisotopic (exact) mass is 400 g/mol. The van der Waals surface area contributed by atoms with E-state index in [4.69, 9.17) is 4.74 Å². The lowest BCUT2D eigenvalue weighted by Crippen LogP contribution is -2.06. The average molecular weight is 400 g/mol. The number of ether oxygens (including phenoxy) is 1. The van der Waals surface area contributed by atoms with Crippen molar-refractivity contribution in [3.8, 4) is 17.1 Å². The molecular formula is C19H16N10O. The van der Waals surface area contributed by atoms with E-state index in [-0.39, 0.29) is 0 Å². The topological polar surface area (TPSA) is 129 Å². The molecule has 0 amide bonds. The maximum absolute atomic E-state index is 5.28. The Balaban J connectivity index is 1.50. The summed E-state index contributed by atoms with van der Waals surface area (Å²) in [5, 5.41) is 16.5. The van der Waals surface area contributed by atoms with Gasteiger partial charge in [-0.3, -0.25) is 5.32 Å². The Labute approximate surface area is 170 Å². The minimum absolute atomic E-state index is 0.347. The molecule has 0 radical (unpaired) electrons. The van der Waals surface area contributed by atoms with Gasteiger partial charge >= 0.3 is 0 Å². The molecule has 0 spiro atoms. The molecule has 30 heavy (non-hydrogen) atoms. The first kappa shape index (κ1) is 17.8. The first-order chi connectivity index (χ1) is 14.6. The van der Waals surface area contributed by atoms with Gasteiger partial charge in [-0.2, -0.15) is 14.6 Å². The summed E-state index contributed by atoms with van der Waals surface area (Å²) in [5.74, 6) is 1.93. The van der Waals surface area contributed by atoms with Crippen molar-refractivity contribution in [1.29, 1.82) is 0 Å². The second kappa shape index (κ2) is 6.95. The molecule has 1 aromatic carbocycles. The molecule has 11 nitrogen and oxygen atoms in total. The zero-order valence-electron chi connectivity index (χ0n) is 16.4. The van der Waals surface area contributed by atoms with Crippen LogP contribution in [0.5, 0.6) is 5.75 Å². The molecule has 0 aliphatic carbocycles. The van der Waals surface area contributed by atoms with Gasteiger partial charge in [-0.15, -0.1) is 10.2 Å². The summed E-state index contributed by atoms with van der Waals surface area (Å²) in [6.45, 7) is 3.79. The first-order valence-corrected chi connectivity index (χ1v) is 9.08. The highest BCUT2D eigenvalue weighted by atomic mass is 16.5. The van der Waals surface area contributed by atoms with Gasteiger partial charge in [-0.05, 0) is 38.1 Å². The molecule has 4 aromatic heterocycles. The summed E-state index contributed by atoms with van der Waals surface area (Å²) in [7, 11) is 1.63. The molecule has 0 aliphatic heterocycles. The van der Waals surface area contributed by atoms with E-state index in [1.165, 1.54) is 6.33 Å². The third-order valence-electron chi connectivity index (χ3n) is 4.64. The van der Waals surface area contributed by atoms with Gasteiger partial charge in [0.1, 0.15) is 17.8 Å². The molecule has 148 valence electrons. The summed E-state index contributed by atoms with van der Waals surface area (Å²) < 4.78 is 6.89. The van der Waals surface area contributed by atoms with Crippen LogP contribution >= 0.6 is 0 Å². The highest BCUT2D eigenvalue weighted by molar-refractivity contribution is 5.83. The fourth-order valence-corrected chi connectivity index (χ4v) is 3.14. The zero-order chi connectivity index (χ0) is 20.7. The van der Waals surface area contributed by atoms with Crippen LogP contribution in [0.25, 0.3) is 28.1 Å². The number of aryl methyl sites for hydroxylation is 2. The van der Waals surface area contributed by atoms with Crippen LogP contribution in [-0.4, -0.2) is 51.8 Å². The van der Waals surface area contributed by atoms with E-state index in [0.717, 1.165) is 28.0 Å². The molecule has 0 saturated carbocycles. The summed E-state index contributed by atoms with van der Waals surface area (Å²) in [5.41, 5.74) is 3.56. The van der Waals surface area contributed by atoms with Crippen LogP contribution in [0.2, 0.25) is 0 Å². The number of aromatic nitrogens is 9. The largest absolute Gasteiger partial charge is 0.497 e. The molecule has 4 heterocycles. The van der Waals surface area contributed by atoms with E-state index >= 15 is 0 Å². The van der Waals surface area contributed by atoms with E-state index in [1.807, 2.05) is 32.0 Å². The van der Waals surface area contributed by atoms with E-state index in [1.54, 1.807) is 23.9 Å². The number of nitrogens with zero attached hydrogens (tertiary/aromatic N) is 9. The SMILES string of the molecule is COc1ccc2nc(Nc3nccc(-c4nnc5ncnn5c4C)n3)nc(C)c2c1. The van der Waals surface area contributed by atoms with E-state index in [0.29, 0.717) is 29.1 Å². The van der Waals surface area contributed by atoms with Gasteiger partial charge in [0.2, 0.25) is 11.9 Å². The first-order valence-electron chi connectivity index (χ1n) is 9.08. The molecular weight excluding hydrogens is 384 g/mol. The number of methoxy groups -OCH3 is 1. The number of nitrogens with one attached hydrogen (secondary N) is 1. The van der Waals surface area contributed by atoms with Gasteiger partial charge < -0.3 is 4.74 Å². The van der Waals surface area contributed by atoms with Crippen molar-refractivity contribution in [3.63, 3.8) is 0 Å². The lowest BCUT2D eigenvalue weighted by molar-refractivity contribution is 0.415. The maximum Gasteiger partial charge on any atom is 0.271 e. The van der Waals surface area contributed by atoms with Gasteiger partial charge in [0.25, 0.3) is 5.78 Å². The third kappa shape index (κ3) is 3.02. The van der Waals surface area contributed by atoms with Crippen molar-refractivity contribution in [1.82, 2.24) is 44.7 Å². The fourth-order valence-electron chi connectivity index (χ4n) is 3.14. The second-order valence-corrected chi connectivity index (χ2v) is 6.51. The Hall–Kier alpha value is -4.28. The van der Waals surface area contributed by atoms with Gasteiger partial charge in [-0.1, -0.05) is 0 Å². The molecule has 0 aliphatic rings. The van der Waals surface area contributed by atoms with Crippen LogP contribution in [0.3, 0.4) is 0 Å². The Morgan fingerprint density at radius 3 is 2.73 bits per heavy atom. The molecule has 0 atom stereocenters. The van der Waals surface area contributed by atoms with E-state index < -0.39 is 0 Å². The molecule has 5 aromatic rings. The highest BCUT2D eigenvalue weighted by Gasteiger charge is 2.13. The average Bonchev–Trinajstić information content (AvgIpc) is 3.24. The van der Waals surface area contributed by atoms with Crippen molar-refractivity contribution < 1.29 is 4.74 Å². The zero-order valence-corrected chi connectivity index (χ0v) is 16.4. The smallest absolute Gasteiger partial charge is 0.271 e. The lowest BCUT2D eigenvalue weighted by Gasteiger charge is -2.09. The van der Waals surface area contributed by atoms with Crippen molar-refractivity contribution >= 4 is 28.6 Å². The third-order valence-corrected chi connectivity index (χ3v) is 4.64. The standard InChI is InChI=1S/C19H16N10O/c1-10-13-8-12(30-3)4-5-14(13)24-18(23-10)26-17-20-7-6-15(25-17)16-11(2)29-19(28-27-16)21-9-22-29/h4-9H,1-3H3,(H,20,23,24,25,26). The highest BCUT2D eigenvalue weighted by Crippen LogP contribution is 2.24. The van der Waals surface area contributed by atoms with Crippen LogP contribution in [0, 0.1) is 13.8 Å². The number of hydrogen-bond donors (Lipinski definition) is 1. The normalized spacial score (nSPS) is 11.2. The number of benzene rings is 1. The van der Waals surface area contributed by atoms with Crippen molar-refractivity contribution in [2.24, 2.45) is 0 Å². The maximum atomic E-state index is 5.28. The van der Waals surface area contributed by atoms with Crippen LogP contribution in [0.1, 0.15) is 11.4 Å². The van der Waals surface area contributed by atoms with E-state index in [9.17, 15) is 0 Å². The molecule has 0 fully saturated rings. The summed E-state index contributed by atoms with van der Waals surface area (Å²) >= 11 is 0. The van der Waals surface area contributed by atoms with Gasteiger partial charge in [0.15, 0.2) is 0 Å². The molecule has 0 bridgehead atoms.